The minimum absolute atomic E-state index is 0.0161. The maximum absolute atomic E-state index is 13.4. The van der Waals surface area contributed by atoms with E-state index in [0.29, 0.717) is 5.56 Å². The van der Waals surface area contributed by atoms with Crippen LogP contribution < -0.4 is 0 Å². The number of hydrogen-bond acceptors (Lipinski definition) is 2. The van der Waals surface area contributed by atoms with Gasteiger partial charge in [0.05, 0.1) is 5.52 Å². The highest BCUT2D eigenvalue weighted by atomic mass is 35.5. The first-order valence-corrected chi connectivity index (χ1v) is 6.42. The van der Waals surface area contributed by atoms with Gasteiger partial charge in [-0.2, -0.15) is 0 Å². The summed E-state index contributed by atoms with van der Waals surface area (Å²) < 4.78 is 39.9. The Labute approximate surface area is 123 Å². The molecular formula is C15H8ClF3N2. The van der Waals surface area contributed by atoms with Gasteiger partial charge in [0.2, 0.25) is 0 Å². The van der Waals surface area contributed by atoms with Gasteiger partial charge in [0, 0.05) is 17.0 Å². The van der Waals surface area contributed by atoms with Crippen LogP contribution in [0.1, 0.15) is 5.56 Å². The quantitative estimate of drug-likeness (QED) is 0.610. The highest BCUT2D eigenvalue weighted by molar-refractivity contribution is 6.34. The average Bonchev–Trinajstić information content (AvgIpc) is 2.43. The van der Waals surface area contributed by atoms with Crippen LogP contribution >= 0.6 is 11.6 Å². The Morgan fingerprint density at radius 3 is 2.43 bits per heavy atom. The van der Waals surface area contributed by atoms with Crippen LogP contribution in [-0.2, 0) is 0 Å². The summed E-state index contributed by atoms with van der Waals surface area (Å²) in [6.07, 6.45) is 0. The zero-order chi connectivity index (χ0) is 15.1. The smallest absolute Gasteiger partial charge is 0.161 e. The molecule has 6 heteroatoms. The Morgan fingerprint density at radius 2 is 1.67 bits per heavy atom. The van der Waals surface area contributed by atoms with E-state index in [9.17, 15) is 13.2 Å². The monoisotopic (exact) mass is 308 g/mol. The molecule has 0 atom stereocenters. The molecule has 0 fully saturated rings. The average molecular weight is 309 g/mol. The minimum Gasteiger partial charge on any atom is -0.228 e. The van der Waals surface area contributed by atoms with E-state index in [0.717, 1.165) is 17.7 Å². The molecule has 0 radical (unpaired) electrons. The summed E-state index contributed by atoms with van der Waals surface area (Å²) in [6, 6.07) is 6.05. The first-order valence-electron chi connectivity index (χ1n) is 6.04. The Bertz CT molecular complexity index is 865. The zero-order valence-electron chi connectivity index (χ0n) is 10.8. The fourth-order valence-electron chi connectivity index (χ4n) is 2.04. The zero-order valence-corrected chi connectivity index (χ0v) is 11.5. The molecule has 2 aromatic carbocycles. The molecule has 3 rings (SSSR count). The van der Waals surface area contributed by atoms with Crippen molar-refractivity contribution in [2.24, 2.45) is 0 Å². The summed E-state index contributed by atoms with van der Waals surface area (Å²) in [5, 5.41) is 0.186. The molecule has 2 nitrogen and oxygen atoms in total. The molecule has 0 saturated heterocycles. The van der Waals surface area contributed by atoms with Crippen molar-refractivity contribution >= 4 is 22.5 Å². The van der Waals surface area contributed by atoms with E-state index < -0.39 is 17.5 Å². The highest BCUT2D eigenvalue weighted by Gasteiger charge is 2.13. The molecule has 1 heterocycles. The van der Waals surface area contributed by atoms with Gasteiger partial charge in [-0.25, -0.2) is 23.1 Å². The van der Waals surface area contributed by atoms with Crippen molar-refractivity contribution in [3.8, 4) is 11.4 Å². The van der Waals surface area contributed by atoms with Crippen LogP contribution in [0.3, 0.4) is 0 Å². The Hall–Kier alpha value is -2.14. The molecule has 1 aromatic heterocycles. The number of fused-ring (bicyclic) bond motifs is 1. The molecule has 0 aliphatic carbocycles. The Morgan fingerprint density at radius 1 is 0.952 bits per heavy atom. The van der Waals surface area contributed by atoms with E-state index in [1.807, 2.05) is 0 Å². The number of benzene rings is 2. The Kier molecular flexibility index (Phi) is 3.29. The SMILES string of the molecule is Cc1ccc(F)cc1-c1nc(Cl)c2cc(F)c(F)cc2n1. The number of halogens is 4. The maximum atomic E-state index is 13.4. The molecule has 106 valence electrons. The molecule has 3 aromatic rings. The van der Waals surface area contributed by atoms with E-state index in [2.05, 4.69) is 9.97 Å². The van der Waals surface area contributed by atoms with Gasteiger partial charge in [0.25, 0.3) is 0 Å². The van der Waals surface area contributed by atoms with Crippen molar-refractivity contribution in [1.82, 2.24) is 9.97 Å². The lowest BCUT2D eigenvalue weighted by atomic mass is 10.1. The van der Waals surface area contributed by atoms with Crippen LogP contribution in [0.15, 0.2) is 30.3 Å². The van der Waals surface area contributed by atoms with Crippen molar-refractivity contribution in [2.45, 2.75) is 6.92 Å². The third-order valence-corrected chi connectivity index (χ3v) is 3.42. The summed E-state index contributed by atoms with van der Waals surface area (Å²) in [7, 11) is 0. The van der Waals surface area contributed by atoms with E-state index >= 15 is 0 Å². The second kappa shape index (κ2) is 5.00. The largest absolute Gasteiger partial charge is 0.228 e. The molecule has 21 heavy (non-hydrogen) atoms. The second-order valence-corrected chi connectivity index (χ2v) is 4.94. The van der Waals surface area contributed by atoms with E-state index in [4.69, 9.17) is 11.6 Å². The van der Waals surface area contributed by atoms with Gasteiger partial charge in [0.15, 0.2) is 17.5 Å². The summed E-state index contributed by atoms with van der Waals surface area (Å²) >= 11 is 5.99. The highest BCUT2D eigenvalue weighted by Crippen LogP contribution is 2.28. The van der Waals surface area contributed by atoms with Crippen molar-refractivity contribution < 1.29 is 13.2 Å². The predicted octanol–water partition coefficient (Wildman–Crippen LogP) is 4.68. The van der Waals surface area contributed by atoms with Gasteiger partial charge in [-0.3, -0.25) is 0 Å². The van der Waals surface area contributed by atoms with Gasteiger partial charge >= 0.3 is 0 Å². The molecule has 0 saturated carbocycles. The van der Waals surface area contributed by atoms with Crippen LogP contribution in [-0.4, -0.2) is 9.97 Å². The molecule has 0 amide bonds. The summed E-state index contributed by atoms with van der Waals surface area (Å²) in [5.74, 6) is -2.34. The number of nitrogens with zero attached hydrogens (tertiary/aromatic N) is 2. The van der Waals surface area contributed by atoms with Crippen molar-refractivity contribution in [1.29, 1.82) is 0 Å². The van der Waals surface area contributed by atoms with Crippen LogP contribution in [0.5, 0.6) is 0 Å². The number of hydrogen-bond donors (Lipinski definition) is 0. The fourth-order valence-corrected chi connectivity index (χ4v) is 2.27. The van der Waals surface area contributed by atoms with E-state index in [1.165, 1.54) is 12.1 Å². The van der Waals surface area contributed by atoms with Gasteiger partial charge in [-0.15, -0.1) is 0 Å². The molecule has 0 aliphatic heterocycles. The molecule has 0 N–H and O–H groups in total. The lowest BCUT2D eigenvalue weighted by Gasteiger charge is -2.08. The third kappa shape index (κ3) is 2.45. The lowest BCUT2D eigenvalue weighted by molar-refractivity contribution is 0.510. The van der Waals surface area contributed by atoms with Crippen LogP contribution in [0, 0.1) is 24.4 Å². The lowest BCUT2D eigenvalue weighted by Crippen LogP contribution is -1.96. The number of rotatable bonds is 1. The van der Waals surface area contributed by atoms with Crippen LogP contribution in [0.4, 0.5) is 13.2 Å². The second-order valence-electron chi connectivity index (χ2n) is 4.58. The molecule has 0 bridgehead atoms. The van der Waals surface area contributed by atoms with Crippen LogP contribution in [0.25, 0.3) is 22.3 Å². The van der Waals surface area contributed by atoms with Crippen molar-refractivity contribution in [3.05, 3.63) is 58.5 Å². The third-order valence-electron chi connectivity index (χ3n) is 3.13. The molecule has 0 unspecified atom stereocenters. The van der Waals surface area contributed by atoms with E-state index in [1.54, 1.807) is 13.0 Å². The maximum Gasteiger partial charge on any atom is 0.161 e. The topological polar surface area (TPSA) is 25.8 Å². The van der Waals surface area contributed by atoms with Crippen molar-refractivity contribution in [2.75, 3.05) is 0 Å². The van der Waals surface area contributed by atoms with Crippen molar-refractivity contribution in [3.63, 3.8) is 0 Å². The van der Waals surface area contributed by atoms with Crippen LogP contribution in [0.2, 0.25) is 5.15 Å². The number of aromatic nitrogens is 2. The van der Waals surface area contributed by atoms with Gasteiger partial charge < -0.3 is 0 Å². The standard InChI is InChI=1S/C15H8ClF3N2/c1-7-2-3-8(17)4-9(7)15-20-13-6-12(19)11(18)5-10(13)14(16)21-15/h2-6H,1H3. The van der Waals surface area contributed by atoms with Gasteiger partial charge in [-0.1, -0.05) is 17.7 Å². The first kappa shape index (κ1) is 13.8. The molecular weight excluding hydrogens is 301 g/mol. The number of aryl methyl sites for hydroxylation is 1. The fraction of sp³-hybridized carbons (Fsp3) is 0.0667. The summed E-state index contributed by atoms with van der Waals surface area (Å²) in [5.41, 5.74) is 1.35. The molecule has 0 spiro atoms. The normalized spacial score (nSPS) is 11.1. The summed E-state index contributed by atoms with van der Waals surface area (Å²) in [6.45, 7) is 1.77. The summed E-state index contributed by atoms with van der Waals surface area (Å²) in [4.78, 5) is 8.18. The van der Waals surface area contributed by atoms with E-state index in [-0.39, 0.29) is 21.9 Å². The minimum atomic E-state index is -1.03. The first-order chi connectivity index (χ1) is 9.95. The molecule has 0 aliphatic rings. The Balaban J connectivity index is 2.30. The van der Waals surface area contributed by atoms with Gasteiger partial charge in [0.1, 0.15) is 11.0 Å². The van der Waals surface area contributed by atoms with Gasteiger partial charge in [-0.05, 0) is 30.7 Å². The predicted molar refractivity (Wildman–Crippen MR) is 74.6 cm³/mol.